The summed E-state index contributed by atoms with van der Waals surface area (Å²) in [6.07, 6.45) is 1.70. The molecule has 1 heterocycles. The minimum Gasteiger partial charge on any atom is -0.355 e. The Labute approximate surface area is 195 Å². The van der Waals surface area contributed by atoms with E-state index < -0.39 is 0 Å². The summed E-state index contributed by atoms with van der Waals surface area (Å²) in [6.45, 7) is 2.86. The van der Waals surface area contributed by atoms with Crippen LogP contribution in [0.15, 0.2) is 94.5 Å². The molecule has 162 valence electrons. The smallest absolute Gasteiger partial charge is 0.261 e. The first-order valence-electron chi connectivity index (χ1n) is 10.5. The summed E-state index contributed by atoms with van der Waals surface area (Å²) in [5.74, 6) is -0.107. The second-order valence-corrected chi connectivity index (χ2v) is 8.91. The molecule has 0 radical (unpaired) electrons. The zero-order valence-electron chi connectivity index (χ0n) is 17.8. The number of halogens is 1. The number of fused-ring (bicyclic) bond motifs is 1. The minimum absolute atomic E-state index is 0.107. The van der Waals surface area contributed by atoms with Crippen LogP contribution in [-0.2, 0) is 16.8 Å². The standard InChI is InChI=1S/C26H24BrN3O2/c1-26(19-8-4-2-5-9-19,20-10-6-3-7-11-20)17-28-24(31)14-15-30-18-29-23-13-12-21(27)16-22(23)25(30)32/h2-13,16,18H,14-15,17H2,1H3,(H,28,31). The fourth-order valence-corrected chi connectivity index (χ4v) is 4.22. The number of nitrogens with one attached hydrogen (secondary N) is 1. The molecule has 0 aliphatic rings. The molecule has 0 fully saturated rings. The van der Waals surface area contributed by atoms with Gasteiger partial charge in [-0.05, 0) is 36.2 Å². The second kappa shape index (κ2) is 9.49. The number of hydrogen-bond donors (Lipinski definition) is 1. The maximum atomic E-state index is 12.8. The van der Waals surface area contributed by atoms with Gasteiger partial charge in [0.05, 0.1) is 17.2 Å². The van der Waals surface area contributed by atoms with Crippen molar-refractivity contribution in [2.24, 2.45) is 0 Å². The molecule has 0 bridgehead atoms. The van der Waals surface area contributed by atoms with Crippen molar-refractivity contribution in [1.82, 2.24) is 14.9 Å². The Balaban J connectivity index is 1.47. The lowest BCUT2D eigenvalue weighted by Crippen LogP contribution is -2.40. The Hall–Kier alpha value is -3.25. The van der Waals surface area contributed by atoms with Gasteiger partial charge in [-0.1, -0.05) is 76.6 Å². The molecule has 1 amide bonds. The molecule has 4 aromatic rings. The highest BCUT2D eigenvalue weighted by Crippen LogP contribution is 2.31. The van der Waals surface area contributed by atoms with Gasteiger partial charge in [0.2, 0.25) is 5.91 Å². The Bertz CT molecular complexity index is 1250. The van der Waals surface area contributed by atoms with E-state index >= 15 is 0 Å². The Morgan fingerprint density at radius 2 is 1.62 bits per heavy atom. The molecule has 32 heavy (non-hydrogen) atoms. The molecular formula is C26H24BrN3O2. The number of rotatable bonds is 7. The van der Waals surface area contributed by atoms with Gasteiger partial charge in [-0.25, -0.2) is 4.98 Å². The average Bonchev–Trinajstić information content (AvgIpc) is 2.83. The van der Waals surface area contributed by atoms with Crippen LogP contribution in [0, 0.1) is 0 Å². The molecule has 0 atom stereocenters. The lowest BCUT2D eigenvalue weighted by Gasteiger charge is -2.31. The van der Waals surface area contributed by atoms with Crippen molar-refractivity contribution in [3.63, 3.8) is 0 Å². The highest BCUT2D eigenvalue weighted by Gasteiger charge is 2.29. The van der Waals surface area contributed by atoms with E-state index in [1.165, 1.54) is 10.9 Å². The van der Waals surface area contributed by atoms with Gasteiger partial charge in [0.15, 0.2) is 0 Å². The van der Waals surface area contributed by atoms with Crippen LogP contribution in [0.1, 0.15) is 24.5 Å². The summed E-state index contributed by atoms with van der Waals surface area (Å²) in [5.41, 5.74) is 2.38. The van der Waals surface area contributed by atoms with Crippen LogP contribution in [0.2, 0.25) is 0 Å². The van der Waals surface area contributed by atoms with E-state index in [0.717, 1.165) is 15.6 Å². The summed E-state index contributed by atoms with van der Waals surface area (Å²) < 4.78 is 2.31. The van der Waals surface area contributed by atoms with E-state index in [9.17, 15) is 9.59 Å². The van der Waals surface area contributed by atoms with E-state index in [1.807, 2.05) is 42.5 Å². The van der Waals surface area contributed by atoms with Crippen LogP contribution in [0.3, 0.4) is 0 Å². The van der Waals surface area contributed by atoms with Crippen molar-refractivity contribution >= 4 is 32.7 Å². The van der Waals surface area contributed by atoms with E-state index in [0.29, 0.717) is 17.4 Å². The Morgan fingerprint density at radius 3 is 2.25 bits per heavy atom. The van der Waals surface area contributed by atoms with Crippen molar-refractivity contribution in [3.8, 4) is 0 Å². The lowest BCUT2D eigenvalue weighted by atomic mass is 9.76. The third-order valence-electron chi connectivity index (χ3n) is 5.83. The van der Waals surface area contributed by atoms with Gasteiger partial charge in [-0.15, -0.1) is 0 Å². The predicted molar refractivity (Wildman–Crippen MR) is 131 cm³/mol. The fourth-order valence-electron chi connectivity index (χ4n) is 3.86. The zero-order valence-corrected chi connectivity index (χ0v) is 19.4. The van der Waals surface area contributed by atoms with Crippen LogP contribution in [0.25, 0.3) is 10.9 Å². The van der Waals surface area contributed by atoms with E-state index in [2.05, 4.69) is 57.4 Å². The van der Waals surface area contributed by atoms with E-state index in [1.54, 1.807) is 12.1 Å². The number of carbonyl (C=O) groups excluding carboxylic acids is 1. The van der Waals surface area contributed by atoms with E-state index in [4.69, 9.17) is 0 Å². The Morgan fingerprint density at radius 1 is 1.00 bits per heavy atom. The number of carbonyl (C=O) groups is 1. The van der Waals surface area contributed by atoms with Gasteiger partial charge >= 0.3 is 0 Å². The quantitative estimate of drug-likeness (QED) is 0.410. The molecule has 0 saturated heterocycles. The number of hydrogen-bond acceptors (Lipinski definition) is 3. The lowest BCUT2D eigenvalue weighted by molar-refractivity contribution is -0.121. The molecule has 1 N–H and O–H groups in total. The van der Waals surface area contributed by atoms with Crippen LogP contribution in [0.4, 0.5) is 0 Å². The molecule has 6 heteroatoms. The SMILES string of the molecule is CC(CNC(=O)CCn1cnc2ccc(Br)cc2c1=O)(c1ccccc1)c1ccccc1. The van der Waals surface area contributed by atoms with Gasteiger partial charge < -0.3 is 5.32 Å². The van der Waals surface area contributed by atoms with Crippen LogP contribution < -0.4 is 10.9 Å². The van der Waals surface area contributed by atoms with Gasteiger partial charge in [-0.2, -0.15) is 0 Å². The fraction of sp³-hybridized carbons (Fsp3) is 0.192. The number of aromatic nitrogens is 2. The third-order valence-corrected chi connectivity index (χ3v) is 6.32. The maximum absolute atomic E-state index is 12.8. The molecule has 0 aliphatic carbocycles. The molecular weight excluding hydrogens is 466 g/mol. The van der Waals surface area contributed by atoms with Gasteiger partial charge in [-0.3, -0.25) is 14.2 Å². The highest BCUT2D eigenvalue weighted by molar-refractivity contribution is 9.10. The van der Waals surface area contributed by atoms with Crippen molar-refractivity contribution in [2.45, 2.75) is 25.3 Å². The molecule has 4 rings (SSSR count). The number of nitrogens with zero attached hydrogens (tertiary/aromatic N) is 2. The highest BCUT2D eigenvalue weighted by atomic mass is 79.9. The maximum Gasteiger partial charge on any atom is 0.261 e. The van der Waals surface area contributed by atoms with Crippen LogP contribution in [0.5, 0.6) is 0 Å². The van der Waals surface area contributed by atoms with Crippen LogP contribution >= 0.6 is 15.9 Å². The zero-order chi connectivity index (χ0) is 22.6. The number of amides is 1. The van der Waals surface area contributed by atoms with Crippen molar-refractivity contribution in [2.75, 3.05) is 6.54 Å². The number of benzene rings is 3. The third kappa shape index (κ3) is 4.65. The Kier molecular flexibility index (Phi) is 6.51. The van der Waals surface area contributed by atoms with Crippen molar-refractivity contribution in [3.05, 3.63) is 111 Å². The molecule has 3 aromatic carbocycles. The van der Waals surface area contributed by atoms with Gasteiger partial charge in [0.25, 0.3) is 5.56 Å². The molecule has 5 nitrogen and oxygen atoms in total. The second-order valence-electron chi connectivity index (χ2n) is 8.00. The van der Waals surface area contributed by atoms with Gasteiger partial charge in [0, 0.05) is 29.4 Å². The van der Waals surface area contributed by atoms with Crippen LogP contribution in [-0.4, -0.2) is 22.0 Å². The van der Waals surface area contributed by atoms with Crippen molar-refractivity contribution < 1.29 is 4.79 Å². The van der Waals surface area contributed by atoms with Gasteiger partial charge in [0.1, 0.15) is 0 Å². The molecule has 0 aliphatic heterocycles. The summed E-state index contributed by atoms with van der Waals surface area (Å²) >= 11 is 3.39. The average molecular weight is 490 g/mol. The summed E-state index contributed by atoms with van der Waals surface area (Å²) in [7, 11) is 0. The first-order valence-corrected chi connectivity index (χ1v) is 11.3. The molecule has 1 aromatic heterocycles. The first-order chi connectivity index (χ1) is 15.5. The summed E-state index contributed by atoms with van der Waals surface area (Å²) in [5, 5.41) is 3.60. The minimum atomic E-state index is -0.369. The van der Waals surface area contributed by atoms with Crippen molar-refractivity contribution in [1.29, 1.82) is 0 Å². The first kappa shape index (κ1) is 22.0. The topological polar surface area (TPSA) is 64.0 Å². The molecule has 0 unspecified atom stereocenters. The summed E-state index contributed by atoms with van der Waals surface area (Å²) in [4.78, 5) is 29.8. The predicted octanol–water partition coefficient (Wildman–Crippen LogP) is 4.67. The summed E-state index contributed by atoms with van der Waals surface area (Å²) in [6, 6.07) is 25.7. The molecule has 0 saturated carbocycles. The monoisotopic (exact) mass is 489 g/mol. The molecule has 0 spiro atoms. The normalized spacial score (nSPS) is 11.4. The van der Waals surface area contributed by atoms with E-state index in [-0.39, 0.29) is 29.8 Å². The number of aryl methyl sites for hydroxylation is 1. The largest absolute Gasteiger partial charge is 0.355 e.